The monoisotopic (exact) mass is 844 g/mol. The van der Waals surface area contributed by atoms with Crippen molar-refractivity contribution in [3.63, 3.8) is 0 Å². The second-order valence-electron chi connectivity index (χ2n) is 18.4. The highest BCUT2D eigenvalue weighted by atomic mass is 16.6. The average molecular weight is 845 g/mol. The fourth-order valence-corrected chi connectivity index (χ4v) is 6.78. The topological polar surface area (TPSA) is 213 Å². The van der Waals surface area contributed by atoms with E-state index in [1.54, 1.807) is 114 Å². The van der Waals surface area contributed by atoms with Gasteiger partial charge in [0.25, 0.3) is 0 Å². The van der Waals surface area contributed by atoms with Crippen LogP contribution in [0.3, 0.4) is 0 Å². The van der Waals surface area contributed by atoms with Gasteiger partial charge in [0, 0.05) is 6.54 Å². The lowest BCUT2D eigenvalue weighted by atomic mass is 9.84. The van der Waals surface area contributed by atoms with E-state index in [2.05, 4.69) is 10.3 Å². The fraction of sp³-hybridized carbons (Fsp3) is 0.659. The van der Waals surface area contributed by atoms with Gasteiger partial charge in [-0.25, -0.2) is 34.0 Å². The number of ketones is 1. The molecule has 332 valence electrons. The highest BCUT2D eigenvalue weighted by Gasteiger charge is 2.74. The number of nitrogens with zero attached hydrogens (tertiary/aromatic N) is 5. The molecule has 1 aromatic carbocycles. The molecule has 2 fully saturated rings. The van der Waals surface area contributed by atoms with E-state index >= 15 is 4.79 Å². The van der Waals surface area contributed by atoms with Crippen molar-refractivity contribution in [1.82, 2.24) is 20.0 Å². The number of nitrogens with one attached hydrogen (secondary N) is 1. The van der Waals surface area contributed by atoms with Gasteiger partial charge in [-0.05, 0) is 108 Å². The van der Waals surface area contributed by atoms with E-state index in [-0.39, 0.29) is 13.2 Å². The fourth-order valence-electron chi connectivity index (χ4n) is 6.78. The van der Waals surface area contributed by atoms with Crippen molar-refractivity contribution in [3.05, 3.63) is 29.8 Å². The molecular formula is C41H60N6O13. The Morgan fingerprint density at radius 2 is 1.40 bits per heavy atom. The zero-order chi connectivity index (χ0) is 45.2. The third kappa shape index (κ3) is 11.2. The summed E-state index contributed by atoms with van der Waals surface area (Å²) in [6.07, 6.45) is -4.84. The van der Waals surface area contributed by atoms with Crippen molar-refractivity contribution < 1.29 is 61.9 Å². The van der Waals surface area contributed by atoms with Crippen molar-refractivity contribution in [3.8, 4) is 5.75 Å². The molecule has 0 saturated carbocycles. The Balaban J connectivity index is 2.07. The van der Waals surface area contributed by atoms with Crippen molar-refractivity contribution >= 4 is 48.0 Å². The summed E-state index contributed by atoms with van der Waals surface area (Å²) in [5.74, 6) is -3.08. The highest BCUT2D eigenvalue weighted by Crippen LogP contribution is 2.48. The first-order valence-electron chi connectivity index (χ1n) is 19.7. The van der Waals surface area contributed by atoms with Gasteiger partial charge in [0.1, 0.15) is 34.2 Å². The van der Waals surface area contributed by atoms with Crippen LogP contribution in [0.15, 0.2) is 34.3 Å². The van der Waals surface area contributed by atoms with E-state index in [0.717, 1.165) is 9.80 Å². The van der Waals surface area contributed by atoms with Crippen LogP contribution in [0, 0.1) is 5.92 Å². The molecule has 0 radical (unpaired) electrons. The third-order valence-corrected chi connectivity index (χ3v) is 8.73. The normalized spacial score (nSPS) is 22.4. The summed E-state index contributed by atoms with van der Waals surface area (Å²) in [7, 11) is 1.53. The maximum Gasteiger partial charge on any atom is 0.437 e. The molecule has 4 atom stereocenters. The lowest BCUT2D eigenvalue weighted by molar-refractivity contribution is -0.147. The first-order chi connectivity index (χ1) is 27.6. The molecule has 4 amide bonds. The number of methoxy groups -OCH3 is 1. The predicted octanol–water partition coefficient (Wildman–Crippen LogP) is 5.77. The van der Waals surface area contributed by atoms with Crippen molar-refractivity contribution in [2.75, 3.05) is 26.9 Å². The number of carbonyl (C=O) groups is 6. The van der Waals surface area contributed by atoms with E-state index in [1.807, 2.05) is 0 Å². The Morgan fingerprint density at radius 3 is 1.93 bits per heavy atom. The van der Waals surface area contributed by atoms with E-state index < -0.39 is 114 Å². The van der Waals surface area contributed by atoms with Crippen molar-refractivity contribution in [1.29, 1.82) is 0 Å². The van der Waals surface area contributed by atoms with Crippen LogP contribution in [-0.4, -0.2) is 130 Å². The Kier molecular flexibility index (Phi) is 13.9. The number of esters is 1. The molecule has 3 aliphatic heterocycles. The molecule has 0 bridgehead atoms. The molecule has 19 heteroatoms. The molecule has 1 aromatic rings. The number of amides is 4. The molecule has 3 aliphatic rings. The van der Waals surface area contributed by atoms with Crippen LogP contribution < -0.4 is 10.1 Å². The minimum Gasteiger partial charge on any atom is -0.497 e. The summed E-state index contributed by atoms with van der Waals surface area (Å²) in [5, 5.41) is 2.52. The van der Waals surface area contributed by atoms with Crippen LogP contribution >= 0.6 is 0 Å². The van der Waals surface area contributed by atoms with Crippen molar-refractivity contribution in [2.24, 2.45) is 15.9 Å². The van der Waals surface area contributed by atoms with Crippen LogP contribution in [0.2, 0.25) is 0 Å². The summed E-state index contributed by atoms with van der Waals surface area (Å²) in [4.78, 5) is 97.3. The van der Waals surface area contributed by atoms with E-state index in [1.165, 1.54) is 12.0 Å². The molecule has 0 aromatic heterocycles. The van der Waals surface area contributed by atoms with Crippen LogP contribution in [0.25, 0.3) is 0 Å². The van der Waals surface area contributed by atoms with Gasteiger partial charge in [0.2, 0.25) is 17.6 Å². The molecule has 1 spiro atoms. The van der Waals surface area contributed by atoms with Gasteiger partial charge in [0.15, 0.2) is 5.78 Å². The maximum atomic E-state index is 15.4. The Morgan fingerprint density at radius 1 is 0.833 bits per heavy atom. The molecule has 1 N–H and O–H groups in total. The summed E-state index contributed by atoms with van der Waals surface area (Å²) in [6.45, 7) is 20.2. The molecule has 19 nitrogen and oxygen atoms in total. The quantitative estimate of drug-likeness (QED) is 0.243. The van der Waals surface area contributed by atoms with Crippen molar-refractivity contribution in [2.45, 2.75) is 143 Å². The summed E-state index contributed by atoms with van der Waals surface area (Å²) < 4.78 is 39.7. The van der Waals surface area contributed by atoms with Gasteiger partial charge in [-0.2, -0.15) is 0 Å². The number of Topliss-reactive ketones (excluding diaryl/α,β-unsaturated/α-hetero) is 1. The molecular weight excluding hydrogens is 784 g/mol. The van der Waals surface area contributed by atoms with Crippen LogP contribution in [0.4, 0.5) is 19.2 Å². The zero-order valence-corrected chi connectivity index (χ0v) is 37.1. The zero-order valence-electron chi connectivity index (χ0n) is 37.1. The minimum atomic E-state index is -2.35. The van der Waals surface area contributed by atoms with Gasteiger partial charge < -0.3 is 38.1 Å². The molecule has 60 heavy (non-hydrogen) atoms. The smallest absolute Gasteiger partial charge is 0.437 e. The summed E-state index contributed by atoms with van der Waals surface area (Å²) in [6, 6.07) is 4.09. The number of benzene rings is 1. The maximum absolute atomic E-state index is 15.4. The van der Waals surface area contributed by atoms with Gasteiger partial charge in [-0.3, -0.25) is 14.9 Å². The first kappa shape index (κ1) is 47.2. The molecule has 0 aliphatic carbocycles. The number of carbonyl (C=O) groups excluding carboxylic acids is 6. The van der Waals surface area contributed by atoms with E-state index in [9.17, 15) is 24.0 Å². The largest absolute Gasteiger partial charge is 0.497 e. The molecule has 2 saturated heterocycles. The Bertz CT molecular complexity index is 1870. The lowest BCUT2D eigenvalue weighted by Gasteiger charge is -2.53. The number of ether oxygens (including phenoxy) is 7. The van der Waals surface area contributed by atoms with Crippen LogP contribution in [0.5, 0.6) is 5.75 Å². The van der Waals surface area contributed by atoms with Crippen LogP contribution in [-0.2, 0) is 44.6 Å². The first-order valence-corrected chi connectivity index (χ1v) is 19.7. The number of guanidine groups is 2. The summed E-state index contributed by atoms with van der Waals surface area (Å²) >= 11 is 0. The Hall–Kier alpha value is -5.46. The second-order valence-corrected chi connectivity index (χ2v) is 18.4. The number of hydrogen-bond donors (Lipinski definition) is 1. The summed E-state index contributed by atoms with van der Waals surface area (Å²) in [5.41, 5.74) is -5.98. The predicted molar refractivity (Wildman–Crippen MR) is 216 cm³/mol. The SMILES string of the molecule is CCOC(=O)CC1CN2/C(=N\C(=O)OC(C)(C)C)N(C(=O)OC(C)(C)C)[C@@H](COCc3ccc(OC)cc3)[C@@H]3N=C(NC(=O)OC(C)(C)C)N(C(=O)OC(C)(C)C)[C@@]32C1=O. The van der Waals surface area contributed by atoms with Gasteiger partial charge in [-0.1, -0.05) is 12.1 Å². The van der Waals surface area contributed by atoms with Gasteiger partial charge in [0.05, 0.1) is 45.3 Å². The Labute approximate surface area is 351 Å². The number of aliphatic imine (C=N–C) groups is 2. The van der Waals surface area contributed by atoms with Gasteiger partial charge >= 0.3 is 30.3 Å². The lowest BCUT2D eigenvalue weighted by Crippen LogP contribution is -2.79. The molecule has 3 heterocycles. The third-order valence-electron chi connectivity index (χ3n) is 8.73. The van der Waals surface area contributed by atoms with Gasteiger partial charge in [-0.15, -0.1) is 4.99 Å². The number of alkyl carbamates (subject to hydrolysis) is 1. The number of hydrogen-bond acceptors (Lipinski definition) is 14. The molecule has 4 rings (SSSR count). The van der Waals surface area contributed by atoms with E-state index in [4.69, 9.17) is 38.2 Å². The minimum absolute atomic E-state index is 0.0136. The van der Waals surface area contributed by atoms with E-state index in [0.29, 0.717) is 11.3 Å². The standard InChI is InChI=1S/C41H60N6O13/c1-15-56-28(48)20-25-21-45-32(44-34(51)58-38(5,6)7)46(35(52)59-39(8,9)10)27(23-55-22-24-16-18-26(54-14)19-17-24)29-41(45,30(25)49)47(36(53)60-40(11,12)13)31(42-29)43-33(50)57-37(2,3)4/h16-19,25,27,29H,15,20-23H2,1-14H3,(H,42,43,50)/b44-32+/t25?,27-,29-,41+/m0/s1. The average Bonchev–Trinajstić information content (AvgIpc) is 3.55. The van der Waals surface area contributed by atoms with Crippen LogP contribution in [0.1, 0.15) is 102 Å². The number of rotatable bonds is 8. The highest BCUT2D eigenvalue weighted by molar-refractivity contribution is 6.14. The second kappa shape index (κ2) is 17.6. The molecule has 1 unspecified atom stereocenters.